The van der Waals surface area contributed by atoms with Gasteiger partial charge in [0, 0.05) is 16.8 Å². The molecule has 0 atom stereocenters. The molecule has 0 fully saturated rings. The molecule has 1 heterocycles. The van der Waals surface area contributed by atoms with Gasteiger partial charge in [-0.3, -0.25) is 14.2 Å². The number of carbonyl (C=O) groups excluding carboxylic acids is 1. The summed E-state index contributed by atoms with van der Waals surface area (Å²) in [6.07, 6.45) is 5.40. The molecule has 5 nitrogen and oxygen atoms in total. The van der Waals surface area contributed by atoms with Crippen LogP contribution >= 0.6 is 12.2 Å². The number of anilines is 1. The van der Waals surface area contributed by atoms with Gasteiger partial charge in [-0.05, 0) is 60.7 Å². The van der Waals surface area contributed by atoms with E-state index < -0.39 is 0 Å². The maximum absolute atomic E-state index is 12.9. The third-order valence-corrected chi connectivity index (χ3v) is 4.75. The molecule has 0 aliphatic heterocycles. The van der Waals surface area contributed by atoms with Crippen molar-refractivity contribution in [1.29, 1.82) is 0 Å². The maximum atomic E-state index is 12.9. The Morgan fingerprint density at radius 1 is 1.03 bits per heavy atom. The van der Waals surface area contributed by atoms with Crippen molar-refractivity contribution in [2.45, 2.75) is 0 Å². The van der Waals surface area contributed by atoms with Crippen molar-refractivity contribution in [2.24, 2.45) is 0 Å². The highest BCUT2D eigenvalue weighted by atomic mass is 32.1. The van der Waals surface area contributed by atoms with E-state index in [0.29, 0.717) is 33.4 Å². The zero-order chi connectivity index (χ0) is 20.4. The molecule has 29 heavy (non-hydrogen) atoms. The Morgan fingerprint density at radius 2 is 1.83 bits per heavy atom. The zero-order valence-corrected chi connectivity index (χ0v) is 16.0. The summed E-state index contributed by atoms with van der Waals surface area (Å²) >= 11 is 5.38. The van der Waals surface area contributed by atoms with Crippen LogP contribution < -0.4 is 10.9 Å². The molecule has 0 spiro atoms. The molecule has 6 heteroatoms. The summed E-state index contributed by atoms with van der Waals surface area (Å²) in [5.74, 6) is 2.22. The summed E-state index contributed by atoms with van der Waals surface area (Å²) in [4.78, 5) is 28.6. The fraction of sp³-hybridized carbons (Fsp3) is 0. The van der Waals surface area contributed by atoms with Crippen molar-refractivity contribution < 1.29 is 4.79 Å². The Labute approximate surface area is 171 Å². The van der Waals surface area contributed by atoms with Crippen molar-refractivity contribution in [3.8, 4) is 18.0 Å². The number of fused-ring (bicyclic) bond motifs is 1. The second-order valence-electron chi connectivity index (χ2n) is 6.35. The molecule has 4 aromatic rings. The molecule has 4 rings (SSSR count). The number of rotatable bonds is 3. The lowest BCUT2D eigenvalue weighted by Gasteiger charge is -2.10. The lowest BCUT2D eigenvalue weighted by molar-refractivity contribution is 0.102. The lowest BCUT2D eigenvalue weighted by atomic mass is 10.1. The Bertz CT molecular complexity index is 1400. The van der Waals surface area contributed by atoms with E-state index in [1.165, 1.54) is 4.57 Å². The predicted molar refractivity (Wildman–Crippen MR) is 117 cm³/mol. The molecular weight excluding hydrogens is 382 g/mol. The number of benzene rings is 3. The Hall–Kier alpha value is -3.95. The van der Waals surface area contributed by atoms with Gasteiger partial charge >= 0.3 is 0 Å². The number of nitrogens with one attached hydrogen (secondary N) is 2. The van der Waals surface area contributed by atoms with Gasteiger partial charge in [-0.15, -0.1) is 6.42 Å². The van der Waals surface area contributed by atoms with E-state index in [1.807, 2.05) is 30.3 Å². The lowest BCUT2D eigenvalue weighted by Crippen LogP contribution is -2.21. The van der Waals surface area contributed by atoms with Crippen LogP contribution in [-0.4, -0.2) is 15.5 Å². The average Bonchev–Trinajstić information content (AvgIpc) is 2.74. The van der Waals surface area contributed by atoms with Gasteiger partial charge in [-0.2, -0.15) is 0 Å². The molecule has 0 bridgehead atoms. The van der Waals surface area contributed by atoms with E-state index in [9.17, 15) is 9.59 Å². The molecule has 1 aromatic heterocycles. The Kier molecular flexibility index (Phi) is 4.82. The molecule has 0 radical (unpaired) electrons. The molecular formula is C23H15N3O2S. The number of amides is 1. The van der Waals surface area contributed by atoms with E-state index in [1.54, 1.807) is 42.5 Å². The van der Waals surface area contributed by atoms with Gasteiger partial charge < -0.3 is 10.3 Å². The van der Waals surface area contributed by atoms with Crippen molar-refractivity contribution in [2.75, 3.05) is 5.32 Å². The molecule has 0 saturated heterocycles. The van der Waals surface area contributed by atoms with E-state index in [4.69, 9.17) is 18.6 Å². The number of nitrogens with zero attached hydrogens (tertiary/aromatic N) is 1. The van der Waals surface area contributed by atoms with Crippen LogP contribution in [0.25, 0.3) is 16.6 Å². The van der Waals surface area contributed by atoms with Crippen molar-refractivity contribution in [3.63, 3.8) is 0 Å². The normalized spacial score (nSPS) is 10.4. The minimum absolute atomic E-state index is 0.247. The number of hydrogen-bond donors (Lipinski definition) is 2. The highest BCUT2D eigenvalue weighted by Crippen LogP contribution is 2.16. The molecule has 0 aliphatic rings. The molecule has 0 unspecified atom stereocenters. The number of terminal acetylenes is 1. The first-order chi connectivity index (χ1) is 14.1. The number of hydrogen-bond acceptors (Lipinski definition) is 3. The molecule has 0 aliphatic carbocycles. The van der Waals surface area contributed by atoms with Gasteiger partial charge in [-0.1, -0.05) is 30.2 Å². The fourth-order valence-electron chi connectivity index (χ4n) is 3.06. The first kappa shape index (κ1) is 18.4. The van der Waals surface area contributed by atoms with Crippen LogP contribution in [0, 0.1) is 17.1 Å². The van der Waals surface area contributed by atoms with Crippen LogP contribution in [0.1, 0.15) is 15.9 Å². The van der Waals surface area contributed by atoms with Gasteiger partial charge in [0.05, 0.1) is 16.6 Å². The predicted octanol–water partition coefficient (Wildman–Crippen LogP) is 4.28. The summed E-state index contributed by atoms with van der Waals surface area (Å²) in [6.45, 7) is 0. The van der Waals surface area contributed by atoms with E-state index in [-0.39, 0.29) is 16.2 Å². The van der Waals surface area contributed by atoms with E-state index >= 15 is 0 Å². The average molecular weight is 397 g/mol. The fourth-order valence-corrected chi connectivity index (χ4v) is 3.36. The first-order valence-corrected chi connectivity index (χ1v) is 9.20. The van der Waals surface area contributed by atoms with Gasteiger partial charge in [0.2, 0.25) is 0 Å². The smallest absolute Gasteiger partial charge is 0.266 e. The first-order valence-electron chi connectivity index (χ1n) is 8.79. The SMILES string of the molecule is C#Cc1cccc(NC(=O)c2ccc3c(=O)n(-c4ccccc4)c(=S)[nH]c3c2)c1. The molecule has 3 aromatic carbocycles. The minimum atomic E-state index is -0.312. The number of H-pyrrole nitrogens is 1. The standard InChI is InChI=1S/C23H15N3O2S/c1-2-15-7-6-8-17(13-15)24-21(27)16-11-12-19-20(14-16)25-23(29)26(22(19)28)18-9-4-3-5-10-18/h1,3-14H,(H,24,27)(H,25,29). The maximum Gasteiger partial charge on any atom is 0.266 e. The second kappa shape index (κ2) is 7.58. The Morgan fingerprint density at radius 3 is 2.59 bits per heavy atom. The number of aromatic amines is 1. The van der Waals surface area contributed by atoms with Crippen molar-refractivity contribution in [1.82, 2.24) is 9.55 Å². The highest BCUT2D eigenvalue weighted by Gasteiger charge is 2.12. The summed E-state index contributed by atoms with van der Waals surface area (Å²) in [5, 5.41) is 3.24. The zero-order valence-electron chi connectivity index (χ0n) is 15.2. The van der Waals surface area contributed by atoms with E-state index in [0.717, 1.165) is 0 Å². The molecule has 140 valence electrons. The van der Waals surface area contributed by atoms with E-state index in [2.05, 4.69) is 16.2 Å². The van der Waals surface area contributed by atoms with Crippen LogP contribution in [0.2, 0.25) is 0 Å². The monoisotopic (exact) mass is 397 g/mol. The van der Waals surface area contributed by atoms with Crippen molar-refractivity contribution >= 4 is 34.7 Å². The Balaban J connectivity index is 1.73. The molecule has 1 amide bonds. The van der Waals surface area contributed by atoms with Crippen LogP contribution in [0.4, 0.5) is 5.69 Å². The van der Waals surface area contributed by atoms with Crippen LogP contribution in [-0.2, 0) is 0 Å². The third kappa shape index (κ3) is 3.59. The van der Waals surface area contributed by atoms with Gasteiger partial charge in [0.1, 0.15) is 0 Å². The van der Waals surface area contributed by atoms with Gasteiger partial charge in [0.25, 0.3) is 11.5 Å². The topological polar surface area (TPSA) is 66.9 Å². The highest BCUT2D eigenvalue weighted by molar-refractivity contribution is 7.71. The van der Waals surface area contributed by atoms with Crippen LogP contribution in [0.3, 0.4) is 0 Å². The van der Waals surface area contributed by atoms with Crippen molar-refractivity contribution in [3.05, 3.63) is 99.0 Å². The minimum Gasteiger partial charge on any atom is -0.331 e. The number of carbonyl (C=O) groups is 1. The van der Waals surface area contributed by atoms with Crippen LogP contribution in [0.5, 0.6) is 0 Å². The summed E-state index contributed by atoms with van der Waals surface area (Å²) in [7, 11) is 0. The quantitative estimate of drug-likeness (QED) is 0.401. The second-order valence-corrected chi connectivity index (χ2v) is 6.73. The van der Waals surface area contributed by atoms with Gasteiger partial charge in [-0.25, -0.2) is 0 Å². The summed E-state index contributed by atoms with van der Waals surface area (Å²) in [5.41, 5.74) is 2.59. The number of para-hydroxylation sites is 1. The number of aromatic nitrogens is 2. The third-order valence-electron chi connectivity index (χ3n) is 4.46. The van der Waals surface area contributed by atoms with Crippen LogP contribution in [0.15, 0.2) is 77.6 Å². The van der Waals surface area contributed by atoms with Gasteiger partial charge in [0.15, 0.2) is 4.77 Å². The largest absolute Gasteiger partial charge is 0.331 e. The summed E-state index contributed by atoms with van der Waals surface area (Å²) in [6, 6.07) is 21.0. The molecule has 0 saturated carbocycles. The summed E-state index contributed by atoms with van der Waals surface area (Å²) < 4.78 is 1.69. The molecule has 2 N–H and O–H groups in total.